The molecule has 0 aliphatic heterocycles. The third kappa shape index (κ3) is 4.99. The van der Waals surface area contributed by atoms with Gasteiger partial charge in [-0.05, 0) is 31.0 Å². The molecule has 0 aromatic heterocycles. The van der Waals surface area contributed by atoms with Gasteiger partial charge in [-0.2, -0.15) is 0 Å². The highest BCUT2D eigenvalue weighted by molar-refractivity contribution is 5.94. The molecule has 6 nitrogen and oxygen atoms in total. The minimum atomic E-state index is -1.06. The molecular formula is C14H21N3O3. The highest BCUT2D eigenvalue weighted by atomic mass is 16.4. The summed E-state index contributed by atoms with van der Waals surface area (Å²) in [4.78, 5) is 22.9. The molecule has 0 aliphatic carbocycles. The smallest absolute Gasteiger partial charge is 0.321 e. The molecule has 0 bridgehead atoms. The predicted octanol–water partition coefficient (Wildman–Crippen LogP) is 0.634. The lowest BCUT2D eigenvalue weighted by Gasteiger charge is -2.14. The molecule has 1 amide bonds. The predicted molar refractivity (Wildman–Crippen MR) is 77.6 cm³/mol. The molecule has 0 spiro atoms. The molecule has 0 saturated heterocycles. The van der Waals surface area contributed by atoms with E-state index in [0.717, 1.165) is 11.1 Å². The molecule has 1 unspecified atom stereocenters. The standard InChI is InChI=1S/C14H21N3O3/c1-9-3-4-10(2)11(7-9)17-13(18)8-12(14(19)20)16-6-5-15/h3-4,7,12,16H,5-6,8,15H2,1-2H3,(H,17,18)(H,19,20). The van der Waals surface area contributed by atoms with Gasteiger partial charge in [0.1, 0.15) is 6.04 Å². The zero-order valence-electron chi connectivity index (χ0n) is 11.8. The molecule has 20 heavy (non-hydrogen) atoms. The van der Waals surface area contributed by atoms with Crippen LogP contribution in [0.25, 0.3) is 0 Å². The van der Waals surface area contributed by atoms with E-state index in [1.807, 2.05) is 32.0 Å². The fourth-order valence-electron chi connectivity index (χ4n) is 1.76. The van der Waals surface area contributed by atoms with E-state index in [2.05, 4.69) is 10.6 Å². The van der Waals surface area contributed by atoms with Gasteiger partial charge in [-0.1, -0.05) is 12.1 Å². The van der Waals surface area contributed by atoms with Crippen molar-refractivity contribution in [2.75, 3.05) is 18.4 Å². The Morgan fingerprint density at radius 3 is 2.65 bits per heavy atom. The maximum absolute atomic E-state index is 11.9. The molecule has 0 aliphatic rings. The summed E-state index contributed by atoms with van der Waals surface area (Å²) in [5.74, 6) is -1.40. The fraction of sp³-hybridized carbons (Fsp3) is 0.429. The molecule has 1 rings (SSSR count). The van der Waals surface area contributed by atoms with Crippen molar-refractivity contribution in [3.63, 3.8) is 0 Å². The van der Waals surface area contributed by atoms with E-state index in [0.29, 0.717) is 18.8 Å². The minimum absolute atomic E-state index is 0.136. The van der Waals surface area contributed by atoms with Crippen LogP contribution in [-0.2, 0) is 9.59 Å². The van der Waals surface area contributed by atoms with Gasteiger partial charge in [-0.15, -0.1) is 0 Å². The molecule has 1 atom stereocenters. The number of aryl methyl sites for hydroxylation is 2. The van der Waals surface area contributed by atoms with Crippen molar-refractivity contribution < 1.29 is 14.7 Å². The zero-order valence-corrected chi connectivity index (χ0v) is 11.8. The Hall–Kier alpha value is -1.92. The van der Waals surface area contributed by atoms with Gasteiger partial charge in [-0.3, -0.25) is 9.59 Å². The number of hydrogen-bond acceptors (Lipinski definition) is 4. The van der Waals surface area contributed by atoms with Crippen LogP contribution >= 0.6 is 0 Å². The van der Waals surface area contributed by atoms with Crippen LogP contribution in [-0.4, -0.2) is 36.1 Å². The molecule has 0 fully saturated rings. The molecule has 110 valence electrons. The van der Waals surface area contributed by atoms with Gasteiger partial charge in [0.2, 0.25) is 5.91 Å². The van der Waals surface area contributed by atoms with Gasteiger partial charge in [0.25, 0.3) is 0 Å². The number of aliphatic carboxylic acids is 1. The molecule has 0 heterocycles. The maximum atomic E-state index is 11.9. The van der Waals surface area contributed by atoms with Crippen LogP contribution in [0.15, 0.2) is 18.2 Å². The Balaban J connectivity index is 2.65. The van der Waals surface area contributed by atoms with E-state index >= 15 is 0 Å². The summed E-state index contributed by atoms with van der Waals surface area (Å²) in [5.41, 5.74) is 7.98. The average molecular weight is 279 g/mol. The SMILES string of the molecule is Cc1ccc(C)c(NC(=O)CC(NCCN)C(=O)O)c1. The van der Waals surface area contributed by atoms with E-state index in [-0.39, 0.29) is 12.3 Å². The molecule has 1 aromatic carbocycles. The lowest BCUT2D eigenvalue weighted by Crippen LogP contribution is -2.41. The van der Waals surface area contributed by atoms with Crippen molar-refractivity contribution in [2.45, 2.75) is 26.3 Å². The van der Waals surface area contributed by atoms with Crippen molar-refractivity contribution in [3.05, 3.63) is 29.3 Å². The van der Waals surface area contributed by atoms with Crippen LogP contribution < -0.4 is 16.4 Å². The second-order valence-electron chi connectivity index (χ2n) is 4.70. The largest absolute Gasteiger partial charge is 0.480 e. The average Bonchev–Trinajstić information content (AvgIpc) is 2.38. The second kappa shape index (κ2) is 7.62. The maximum Gasteiger partial charge on any atom is 0.321 e. The van der Waals surface area contributed by atoms with Gasteiger partial charge in [0, 0.05) is 18.8 Å². The summed E-state index contributed by atoms with van der Waals surface area (Å²) in [7, 11) is 0. The minimum Gasteiger partial charge on any atom is -0.480 e. The number of anilines is 1. The van der Waals surface area contributed by atoms with E-state index in [1.165, 1.54) is 0 Å². The van der Waals surface area contributed by atoms with Crippen molar-refractivity contribution in [1.82, 2.24) is 5.32 Å². The Labute approximate surface area is 118 Å². The van der Waals surface area contributed by atoms with Gasteiger partial charge < -0.3 is 21.5 Å². The summed E-state index contributed by atoms with van der Waals surface area (Å²) < 4.78 is 0. The third-order valence-corrected chi connectivity index (χ3v) is 2.89. The van der Waals surface area contributed by atoms with Gasteiger partial charge in [0.15, 0.2) is 0 Å². The highest BCUT2D eigenvalue weighted by Gasteiger charge is 2.20. The quantitative estimate of drug-likeness (QED) is 0.586. The first-order valence-electron chi connectivity index (χ1n) is 6.47. The highest BCUT2D eigenvalue weighted by Crippen LogP contribution is 2.16. The Bertz CT molecular complexity index is 489. The lowest BCUT2D eigenvalue weighted by atomic mass is 10.1. The van der Waals surface area contributed by atoms with E-state index in [4.69, 9.17) is 10.8 Å². The first kappa shape index (κ1) is 16.1. The lowest BCUT2D eigenvalue weighted by molar-refractivity contribution is -0.141. The Morgan fingerprint density at radius 2 is 2.05 bits per heavy atom. The summed E-state index contributed by atoms with van der Waals surface area (Å²) in [6.07, 6.45) is -0.136. The second-order valence-corrected chi connectivity index (χ2v) is 4.70. The van der Waals surface area contributed by atoms with Crippen molar-refractivity contribution in [3.8, 4) is 0 Å². The normalized spacial score (nSPS) is 11.9. The Morgan fingerprint density at radius 1 is 1.35 bits per heavy atom. The van der Waals surface area contributed by atoms with Gasteiger partial charge >= 0.3 is 5.97 Å². The Kier molecular flexibility index (Phi) is 6.14. The molecule has 5 N–H and O–H groups in total. The number of nitrogens with two attached hydrogens (primary N) is 1. The van der Waals surface area contributed by atoms with Gasteiger partial charge in [-0.25, -0.2) is 0 Å². The van der Waals surface area contributed by atoms with E-state index < -0.39 is 12.0 Å². The monoisotopic (exact) mass is 279 g/mol. The first-order valence-corrected chi connectivity index (χ1v) is 6.47. The van der Waals surface area contributed by atoms with Crippen molar-refractivity contribution >= 4 is 17.6 Å². The topological polar surface area (TPSA) is 104 Å². The number of carboxylic acid groups (broad SMARTS) is 1. The van der Waals surface area contributed by atoms with Crippen LogP contribution in [0.4, 0.5) is 5.69 Å². The number of carboxylic acids is 1. The van der Waals surface area contributed by atoms with Gasteiger partial charge in [0.05, 0.1) is 6.42 Å². The van der Waals surface area contributed by atoms with Crippen LogP contribution in [0.5, 0.6) is 0 Å². The molecule has 0 saturated carbocycles. The van der Waals surface area contributed by atoms with Crippen LogP contribution in [0, 0.1) is 13.8 Å². The summed E-state index contributed by atoms with van der Waals surface area (Å²) >= 11 is 0. The van der Waals surface area contributed by atoms with Crippen LogP contribution in [0.2, 0.25) is 0 Å². The summed E-state index contributed by atoms with van der Waals surface area (Å²) in [6.45, 7) is 4.49. The summed E-state index contributed by atoms with van der Waals surface area (Å²) in [6, 6.07) is 4.79. The number of benzene rings is 1. The molecule has 6 heteroatoms. The molecule has 1 aromatic rings. The third-order valence-electron chi connectivity index (χ3n) is 2.89. The van der Waals surface area contributed by atoms with Crippen molar-refractivity contribution in [1.29, 1.82) is 0 Å². The van der Waals surface area contributed by atoms with Crippen molar-refractivity contribution in [2.24, 2.45) is 5.73 Å². The fourth-order valence-corrected chi connectivity index (χ4v) is 1.76. The number of amides is 1. The zero-order chi connectivity index (χ0) is 15.1. The molecule has 0 radical (unpaired) electrons. The number of rotatable bonds is 7. The van der Waals surface area contributed by atoms with Crippen LogP contribution in [0.1, 0.15) is 17.5 Å². The van der Waals surface area contributed by atoms with E-state index in [1.54, 1.807) is 0 Å². The number of carbonyl (C=O) groups excluding carboxylic acids is 1. The number of carbonyl (C=O) groups is 2. The number of nitrogens with one attached hydrogen (secondary N) is 2. The van der Waals surface area contributed by atoms with E-state index in [9.17, 15) is 9.59 Å². The first-order chi connectivity index (χ1) is 9.43. The molecular weight excluding hydrogens is 258 g/mol. The summed E-state index contributed by atoms with van der Waals surface area (Å²) in [5, 5.41) is 14.5. The van der Waals surface area contributed by atoms with Crippen LogP contribution in [0.3, 0.4) is 0 Å². The number of hydrogen-bond donors (Lipinski definition) is 4.